The number of benzene rings is 1. The first-order chi connectivity index (χ1) is 7.69. The highest BCUT2D eigenvalue weighted by atomic mass is 16.5. The van der Waals surface area contributed by atoms with E-state index in [1.165, 1.54) is 7.11 Å². The molecule has 4 N–H and O–H groups in total. The van der Waals surface area contributed by atoms with Gasteiger partial charge in [-0.3, -0.25) is 0 Å². The predicted molar refractivity (Wildman–Crippen MR) is 64.9 cm³/mol. The van der Waals surface area contributed by atoms with Gasteiger partial charge in [0, 0.05) is 5.69 Å². The molecule has 0 aliphatic carbocycles. The summed E-state index contributed by atoms with van der Waals surface area (Å²) in [4.78, 5) is 11.3. The van der Waals surface area contributed by atoms with Crippen LogP contribution >= 0.6 is 0 Å². The van der Waals surface area contributed by atoms with Gasteiger partial charge in [0.25, 0.3) is 0 Å². The third-order valence-corrected chi connectivity index (χ3v) is 2.14. The van der Waals surface area contributed by atoms with Gasteiger partial charge in [-0.15, -0.1) is 0 Å². The Labute approximate surface area is 94.9 Å². The van der Waals surface area contributed by atoms with Crippen LogP contribution in [0, 0.1) is 0 Å². The van der Waals surface area contributed by atoms with Crippen molar-refractivity contribution in [2.24, 2.45) is 5.73 Å². The van der Waals surface area contributed by atoms with Crippen LogP contribution in [-0.2, 0) is 4.74 Å². The molecule has 0 unspecified atom stereocenters. The Hall–Kier alpha value is -1.81. The van der Waals surface area contributed by atoms with Gasteiger partial charge in [-0.2, -0.15) is 0 Å². The molecule has 0 heterocycles. The van der Waals surface area contributed by atoms with Crippen molar-refractivity contribution < 1.29 is 9.53 Å². The number of esters is 1. The first kappa shape index (κ1) is 12.3. The standard InChI is InChI=1S/C12H16N2O2/c1-16-12(15)10-5-6-11(14)9(8-10)4-2-3-7-13/h2,4-6,8H,3,7,13-14H2,1H3. The van der Waals surface area contributed by atoms with Crippen LogP contribution in [0.25, 0.3) is 6.08 Å². The monoisotopic (exact) mass is 220 g/mol. The normalized spacial score (nSPS) is 10.6. The molecule has 0 spiro atoms. The quantitative estimate of drug-likeness (QED) is 0.594. The van der Waals surface area contributed by atoms with E-state index < -0.39 is 0 Å². The van der Waals surface area contributed by atoms with Gasteiger partial charge in [-0.1, -0.05) is 12.2 Å². The molecular weight excluding hydrogens is 204 g/mol. The second kappa shape index (κ2) is 5.92. The van der Waals surface area contributed by atoms with Crippen molar-refractivity contribution >= 4 is 17.7 Å². The van der Waals surface area contributed by atoms with Gasteiger partial charge in [0.1, 0.15) is 0 Å². The summed E-state index contributed by atoms with van der Waals surface area (Å²) in [6, 6.07) is 5.03. The van der Waals surface area contributed by atoms with Crippen LogP contribution < -0.4 is 11.5 Å². The van der Waals surface area contributed by atoms with E-state index in [4.69, 9.17) is 11.5 Å². The molecule has 0 bridgehead atoms. The van der Waals surface area contributed by atoms with Gasteiger partial charge in [0.2, 0.25) is 0 Å². The largest absolute Gasteiger partial charge is 0.465 e. The number of hydrogen-bond acceptors (Lipinski definition) is 4. The fraction of sp³-hybridized carbons (Fsp3) is 0.250. The summed E-state index contributed by atoms with van der Waals surface area (Å²) in [5, 5.41) is 0. The van der Waals surface area contributed by atoms with E-state index in [9.17, 15) is 4.79 Å². The van der Waals surface area contributed by atoms with E-state index in [2.05, 4.69) is 4.74 Å². The highest BCUT2D eigenvalue weighted by Gasteiger charge is 2.06. The molecule has 0 radical (unpaired) electrons. The first-order valence-electron chi connectivity index (χ1n) is 5.03. The topological polar surface area (TPSA) is 78.3 Å². The van der Waals surface area contributed by atoms with Crippen LogP contribution in [-0.4, -0.2) is 19.6 Å². The number of hydrogen-bond donors (Lipinski definition) is 2. The molecule has 16 heavy (non-hydrogen) atoms. The van der Waals surface area contributed by atoms with Crippen molar-refractivity contribution in [3.8, 4) is 0 Å². The van der Waals surface area contributed by atoms with Crippen molar-refractivity contribution in [2.75, 3.05) is 19.4 Å². The van der Waals surface area contributed by atoms with E-state index in [1.807, 2.05) is 12.2 Å². The Kier molecular flexibility index (Phi) is 4.54. The van der Waals surface area contributed by atoms with E-state index >= 15 is 0 Å². The molecule has 1 aromatic carbocycles. The zero-order valence-electron chi connectivity index (χ0n) is 9.27. The van der Waals surface area contributed by atoms with Crippen LogP contribution in [0.3, 0.4) is 0 Å². The Morgan fingerprint density at radius 1 is 1.50 bits per heavy atom. The number of anilines is 1. The van der Waals surface area contributed by atoms with Crippen LogP contribution in [0.1, 0.15) is 22.3 Å². The van der Waals surface area contributed by atoms with Crippen molar-refractivity contribution in [1.82, 2.24) is 0 Å². The number of methoxy groups -OCH3 is 1. The molecule has 0 aromatic heterocycles. The summed E-state index contributed by atoms with van der Waals surface area (Å²) in [5.74, 6) is -0.367. The Morgan fingerprint density at radius 3 is 2.88 bits per heavy atom. The average Bonchev–Trinajstić information content (AvgIpc) is 2.31. The summed E-state index contributed by atoms with van der Waals surface area (Å²) in [6.07, 6.45) is 4.56. The van der Waals surface area contributed by atoms with Crippen LogP contribution in [0.15, 0.2) is 24.3 Å². The van der Waals surface area contributed by atoms with E-state index in [1.54, 1.807) is 18.2 Å². The van der Waals surface area contributed by atoms with Crippen LogP contribution in [0.2, 0.25) is 0 Å². The minimum atomic E-state index is -0.367. The van der Waals surface area contributed by atoms with E-state index in [0.29, 0.717) is 17.8 Å². The van der Waals surface area contributed by atoms with Gasteiger partial charge < -0.3 is 16.2 Å². The fourth-order valence-corrected chi connectivity index (χ4v) is 1.27. The molecule has 0 aliphatic rings. The number of ether oxygens (including phenoxy) is 1. The zero-order chi connectivity index (χ0) is 12.0. The van der Waals surface area contributed by atoms with Gasteiger partial charge in [-0.25, -0.2) is 4.79 Å². The number of nitrogens with two attached hydrogens (primary N) is 2. The molecule has 1 aromatic rings. The number of rotatable bonds is 4. The number of carbonyl (C=O) groups is 1. The second-order valence-corrected chi connectivity index (χ2v) is 3.31. The third-order valence-electron chi connectivity index (χ3n) is 2.14. The molecule has 0 fully saturated rings. The number of carbonyl (C=O) groups excluding carboxylic acids is 1. The summed E-state index contributed by atoms with van der Waals surface area (Å²) in [5.41, 5.74) is 13.1. The molecule has 86 valence electrons. The minimum Gasteiger partial charge on any atom is -0.465 e. The van der Waals surface area contributed by atoms with Crippen molar-refractivity contribution in [3.05, 3.63) is 35.4 Å². The van der Waals surface area contributed by atoms with Crippen LogP contribution in [0.4, 0.5) is 5.69 Å². The van der Waals surface area contributed by atoms with E-state index in [-0.39, 0.29) is 5.97 Å². The van der Waals surface area contributed by atoms with Gasteiger partial charge in [0.15, 0.2) is 0 Å². The Bertz CT molecular complexity index is 400. The maximum Gasteiger partial charge on any atom is 0.337 e. The van der Waals surface area contributed by atoms with Crippen molar-refractivity contribution in [3.63, 3.8) is 0 Å². The lowest BCUT2D eigenvalue weighted by molar-refractivity contribution is 0.0601. The lowest BCUT2D eigenvalue weighted by Gasteiger charge is -2.03. The predicted octanol–water partition coefficient (Wildman–Crippen LogP) is 1.42. The zero-order valence-corrected chi connectivity index (χ0v) is 9.27. The number of nitrogen functional groups attached to an aromatic ring is 1. The maximum absolute atomic E-state index is 11.3. The molecule has 0 aliphatic heterocycles. The Balaban J connectivity index is 2.94. The van der Waals surface area contributed by atoms with Crippen molar-refractivity contribution in [1.29, 1.82) is 0 Å². The average molecular weight is 220 g/mol. The molecule has 4 nitrogen and oxygen atoms in total. The molecule has 4 heteroatoms. The summed E-state index contributed by atoms with van der Waals surface area (Å²) < 4.78 is 4.63. The Morgan fingerprint density at radius 2 is 2.25 bits per heavy atom. The molecule has 0 atom stereocenters. The molecule has 0 amide bonds. The van der Waals surface area contributed by atoms with Gasteiger partial charge in [0.05, 0.1) is 12.7 Å². The highest BCUT2D eigenvalue weighted by molar-refractivity contribution is 5.91. The summed E-state index contributed by atoms with van der Waals surface area (Å²) in [6.45, 7) is 0.590. The maximum atomic E-state index is 11.3. The van der Waals surface area contributed by atoms with Crippen LogP contribution in [0.5, 0.6) is 0 Å². The SMILES string of the molecule is COC(=O)c1ccc(N)c(C=CCCN)c1. The summed E-state index contributed by atoms with van der Waals surface area (Å²) in [7, 11) is 1.35. The molecule has 1 rings (SSSR count). The summed E-state index contributed by atoms with van der Waals surface area (Å²) >= 11 is 0. The smallest absolute Gasteiger partial charge is 0.337 e. The third kappa shape index (κ3) is 3.10. The fourth-order valence-electron chi connectivity index (χ4n) is 1.27. The van der Waals surface area contributed by atoms with Gasteiger partial charge in [-0.05, 0) is 36.7 Å². The van der Waals surface area contributed by atoms with Gasteiger partial charge >= 0.3 is 5.97 Å². The lowest BCUT2D eigenvalue weighted by atomic mass is 10.1. The highest BCUT2D eigenvalue weighted by Crippen LogP contribution is 2.16. The lowest BCUT2D eigenvalue weighted by Crippen LogP contribution is -2.02. The molecular formula is C12H16N2O2. The van der Waals surface area contributed by atoms with Crippen molar-refractivity contribution in [2.45, 2.75) is 6.42 Å². The minimum absolute atomic E-state index is 0.367. The first-order valence-corrected chi connectivity index (χ1v) is 5.03. The second-order valence-electron chi connectivity index (χ2n) is 3.31. The van der Waals surface area contributed by atoms with E-state index in [0.717, 1.165) is 12.0 Å². The molecule has 0 saturated heterocycles. The molecule has 0 saturated carbocycles.